The summed E-state index contributed by atoms with van der Waals surface area (Å²) in [7, 11) is 1.68. The zero-order chi connectivity index (χ0) is 12.3. The maximum absolute atomic E-state index is 5.55. The van der Waals surface area contributed by atoms with Gasteiger partial charge in [-0.15, -0.1) is 0 Å². The smallest absolute Gasteiger partial charge is 0.123 e. The second-order valence-electron chi connectivity index (χ2n) is 3.57. The second-order valence-corrected chi connectivity index (χ2v) is 3.57. The van der Waals surface area contributed by atoms with E-state index in [0.717, 1.165) is 18.7 Å². The number of aromatic nitrogens is 1. The Morgan fingerprint density at radius 1 is 1.12 bits per heavy atom. The largest absolute Gasteiger partial charge is 0.385 e. The van der Waals surface area contributed by atoms with Crippen molar-refractivity contribution in [2.24, 2.45) is 0 Å². The molecule has 1 heterocycles. The van der Waals surface area contributed by atoms with Crippen molar-refractivity contribution in [3.05, 3.63) is 23.9 Å². The van der Waals surface area contributed by atoms with Gasteiger partial charge in [-0.3, -0.25) is 0 Å². The van der Waals surface area contributed by atoms with Crippen LogP contribution in [0.3, 0.4) is 0 Å². The van der Waals surface area contributed by atoms with Crippen LogP contribution in [0.4, 0.5) is 5.82 Å². The molecule has 0 spiro atoms. The van der Waals surface area contributed by atoms with Crippen LogP contribution in [-0.2, 0) is 20.8 Å². The molecule has 0 aromatic carbocycles. The second kappa shape index (κ2) is 8.92. The number of hydrogen-bond donors (Lipinski definition) is 1. The molecule has 1 aromatic rings. The summed E-state index contributed by atoms with van der Waals surface area (Å²) >= 11 is 0. The van der Waals surface area contributed by atoms with Gasteiger partial charge in [0.2, 0.25) is 0 Å². The molecule has 0 atom stereocenters. The summed E-state index contributed by atoms with van der Waals surface area (Å²) in [4.78, 5) is 4.13. The zero-order valence-corrected chi connectivity index (χ0v) is 10.2. The molecule has 17 heavy (non-hydrogen) atoms. The number of anilines is 1. The zero-order valence-electron chi connectivity index (χ0n) is 10.2. The molecular formula is C12H20N2O3. The van der Waals surface area contributed by atoms with E-state index in [9.17, 15) is 0 Å². The highest BCUT2D eigenvalue weighted by Gasteiger charge is 1.95. The van der Waals surface area contributed by atoms with Crippen molar-refractivity contribution in [1.29, 1.82) is 0 Å². The standard InChI is InChI=1S/C12H20N2O3/c1-15-6-3-7-16-8-9-17-10-11-4-2-5-12(13)14-11/h2,4-5H,3,6-10H2,1H3,(H2,13,14). The summed E-state index contributed by atoms with van der Waals surface area (Å²) in [5.41, 5.74) is 6.39. The Balaban J connectivity index is 1.97. The van der Waals surface area contributed by atoms with Gasteiger partial charge in [-0.1, -0.05) is 6.07 Å². The third-order valence-electron chi connectivity index (χ3n) is 2.09. The Kier molecular flexibility index (Phi) is 7.29. The minimum absolute atomic E-state index is 0.465. The molecule has 0 aliphatic carbocycles. The van der Waals surface area contributed by atoms with Crippen LogP contribution in [0.1, 0.15) is 12.1 Å². The number of pyridine rings is 1. The number of nitrogens with two attached hydrogens (primary N) is 1. The first-order valence-electron chi connectivity index (χ1n) is 5.69. The van der Waals surface area contributed by atoms with Crippen LogP contribution in [0.5, 0.6) is 0 Å². The Bertz CT molecular complexity index is 308. The molecule has 0 saturated carbocycles. The Morgan fingerprint density at radius 2 is 1.94 bits per heavy atom. The Labute approximate surface area is 102 Å². The number of methoxy groups -OCH3 is 1. The summed E-state index contributed by atoms with van der Waals surface area (Å²) in [6.45, 7) is 3.05. The van der Waals surface area contributed by atoms with E-state index in [2.05, 4.69) is 4.98 Å². The Morgan fingerprint density at radius 3 is 2.71 bits per heavy atom. The van der Waals surface area contributed by atoms with Gasteiger partial charge in [-0.05, 0) is 18.6 Å². The molecular weight excluding hydrogens is 220 g/mol. The lowest BCUT2D eigenvalue weighted by molar-refractivity contribution is 0.0328. The maximum Gasteiger partial charge on any atom is 0.123 e. The van der Waals surface area contributed by atoms with Crippen LogP contribution in [-0.4, -0.2) is 38.5 Å². The minimum Gasteiger partial charge on any atom is -0.385 e. The van der Waals surface area contributed by atoms with Gasteiger partial charge in [0.1, 0.15) is 5.82 Å². The van der Waals surface area contributed by atoms with E-state index in [4.69, 9.17) is 19.9 Å². The van der Waals surface area contributed by atoms with Crippen molar-refractivity contribution >= 4 is 5.82 Å². The molecule has 0 aliphatic rings. The summed E-state index contributed by atoms with van der Waals surface area (Å²) < 4.78 is 15.7. The molecule has 5 heteroatoms. The van der Waals surface area contributed by atoms with E-state index >= 15 is 0 Å². The monoisotopic (exact) mass is 240 g/mol. The predicted octanol–water partition coefficient (Wildman–Crippen LogP) is 1.23. The summed E-state index contributed by atoms with van der Waals surface area (Å²) in [6, 6.07) is 5.50. The normalized spacial score (nSPS) is 10.6. The summed E-state index contributed by atoms with van der Waals surface area (Å²) in [5, 5.41) is 0. The molecule has 2 N–H and O–H groups in total. The van der Waals surface area contributed by atoms with Gasteiger partial charge in [-0.2, -0.15) is 0 Å². The van der Waals surface area contributed by atoms with Gasteiger partial charge >= 0.3 is 0 Å². The lowest BCUT2D eigenvalue weighted by Gasteiger charge is -2.05. The molecule has 96 valence electrons. The highest BCUT2D eigenvalue weighted by Crippen LogP contribution is 2.01. The van der Waals surface area contributed by atoms with E-state index in [0.29, 0.717) is 32.2 Å². The van der Waals surface area contributed by atoms with Gasteiger partial charge in [0.25, 0.3) is 0 Å². The third-order valence-corrected chi connectivity index (χ3v) is 2.09. The Hall–Kier alpha value is -1.17. The number of nitrogens with zero attached hydrogens (tertiary/aromatic N) is 1. The lowest BCUT2D eigenvalue weighted by Crippen LogP contribution is -2.07. The molecule has 0 aliphatic heterocycles. The first kappa shape index (κ1) is 13.9. The van der Waals surface area contributed by atoms with Crippen LogP contribution in [0.2, 0.25) is 0 Å². The summed E-state index contributed by atoms with van der Waals surface area (Å²) in [5.74, 6) is 0.516. The van der Waals surface area contributed by atoms with Gasteiger partial charge in [-0.25, -0.2) is 4.98 Å². The number of rotatable bonds is 9. The van der Waals surface area contributed by atoms with E-state index in [1.54, 1.807) is 13.2 Å². The third kappa shape index (κ3) is 6.88. The molecule has 1 rings (SSSR count). The van der Waals surface area contributed by atoms with Gasteiger partial charge < -0.3 is 19.9 Å². The topological polar surface area (TPSA) is 66.6 Å². The first-order valence-corrected chi connectivity index (χ1v) is 5.69. The SMILES string of the molecule is COCCCOCCOCc1cccc(N)n1. The van der Waals surface area contributed by atoms with Crippen LogP contribution >= 0.6 is 0 Å². The molecule has 0 radical (unpaired) electrons. The summed E-state index contributed by atoms with van der Waals surface area (Å²) in [6.07, 6.45) is 0.910. The highest BCUT2D eigenvalue weighted by molar-refractivity contribution is 5.28. The molecule has 0 unspecified atom stereocenters. The predicted molar refractivity (Wildman–Crippen MR) is 65.6 cm³/mol. The molecule has 0 saturated heterocycles. The van der Waals surface area contributed by atoms with Crippen molar-refractivity contribution in [3.63, 3.8) is 0 Å². The van der Waals surface area contributed by atoms with Crippen molar-refractivity contribution in [2.75, 3.05) is 39.3 Å². The van der Waals surface area contributed by atoms with E-state index in [1.165, 1.54) is 0 Å². The molecule has 0 bridgehead atoms. The van der Waals surface area contributed by atoms with E-state index < -0.39 is 0 Å². The van der Waals surface area contributed by atoms with Crippen molar-refractivity contribution in [2.45, 2.75) is 13.0 Å². The number of nitrogen functional groups attached to an aromatic ring is 1. The average molecular weight is 240 g/mol. The lowest BCUT2D eigenvalue weighted by atomic mass is 10.3. The van der Waals surface area contributed by atoms with Crippen LogP contribution in [0, 0.1) is 0 Å². The minimum atomic E-state index is 0.465. The number of hydrogen-bond acceptors (Lipinski definition) is 5. The van der Waals surface area contributed by atoms with E-state index in [-0.39, 0.29) is 0 Å². The number of ether oxygens (including phenoxy) is 3. The van der Waals surface area contributed by atoms with Crippen LogP contribution in [0.25, 0.3) is 0 Å². The fourth-order valence-electron chi connectivity index (χ4n) is 1.28. The van der Waals surface area contributed by atoms with Crippen LogP contribution in [0.15, 0.2) is 18.2 Å². The molecule has 5 nitrogen and oxygen atoms in total. The first-order chi connectivity index (χ1) is 8.33. The fourth-order valence-corrected chi connectivity index (χ4v) is 1.28. The van der Waals surface area contributed by atoms with Crippen molar-refractivity contribution in [3.8, 4) is 0 Å². The van der Waals surface area contributed by atoms with Gasteiger partial charge in [0.05, 0.1) is 25.5 Å². The molecule has 1 aromatic heterocycles. The molecule has 0 fully saturated rings. The average Bonchev–Trinajstić information content (AvgIpc) is 2.33. The van der Waals surface area contributed by atoms with Crippen LogP contribution < -0.4 is 5.73 Å². The van der Waals surface area contributed by atoms with Crippen molar-refractivity contribution in [1.82, 2.24) is 4.98 Å². The van der Waals surface area contributed by atoms with Gasteiger partial charge in [0, 0.05) is 20.3 Å². The maximum atomic E-state index is 5.55. The van der Waals surface area contributed by atoms with Crippen molar-refractivity contribution < 1.29 is 14.2 Å². The van der Waals surface area contributed by atoms with E-state index in [1.807, 2.05) is 12.1 Å². The fraction of sp³-hybridized carbons (Fsp3) is 0.583. The highest BCUT2D eigenvalue weighted by atomic mass is 16.5. The molecule has 0 amide bonds. The quantitative estimate of drug-likeness (QED) is 0.658. The van der Waals surface area contributed by atoms with Gasteiger partial charge in [0.15, 0.2) is 0 Å².